The quantitative estimate of drug-likeness (QED) is 0.664. The molecule has 6 heteroatoms. The predicted molar refractivity (Wildman–Crippen MR) is 101 cm³/mol. The fraction of sp³-hybridized carbons (Fsp3) is 0.350. The predicted octanol–water partition coefficient (Wildman–Crippen LogP) is 4.76. The van der Waals surface area contributed by atoms with Gasteiger partial charge in [-0.1, -0.05) is 41.9 Å². The van der Waals surface area contributed by atoms with Crippen LogP contribution in [0.4, 0.5) is 0 Å². The van der Waals surface area contributed by atoms with E-state index in [9.17, 15) is 0 Å². The highest BCUT2D eigenvalue weighted by molar-refractivity contribution is 6.30. The van der Waals surface area contributed by atoms with Crippen molar-refractivity contribution >= 4 is 11.6 Å². The highest BCUT2D eigenvalue weighted by Crippen LogP contribution is 2.35. The van der Waals surface area contributed by atoms with Crippen LogP contribution in [0.2, 0.25) is 5.02 Å². The number of pyridine rings is 1. The van der Waals surface area contributed by atoms with Crippen LogP contribution in [0.15, 0.2) is 53.2 Å². The molecular formula is C20H21ClN4O. The molecule has 0 N–H and O–H groups in total. The largest absolute Gasteiger partial charge is 0.337 e. The normalized spacial score (nSPS) is 21.0. The van der Waals surface area contributed by atoms with Crippen LogP contribution < -0.4 is 0 Å². The number of likely N-dealkylation sites (tertiary alicyclic amines) is 1. The van der Waals surface area contributed by atoms with Gasteiger partial charge >= 0.3 is 0 Å². The number of hydrogen-bond donors (Lipinski definition) is 0. The Labute approximate surface area is 158 Å². The second kappa shape index (κ2) is 7.56. The first-order chi connectivity index (χ1) is 12.7. The summed E-state index contributed by atoms with van der Waals surface area (Å²) in [5.41, 5.74) is 1.93. The molecule has 1 aliphatic heterocycles. The summed E-state index contributed by atoms with van der Waals surface area (Å²) in [7, 11) is 0. The lowest BCUT2D eigenvalue weighted by atomic mass is 9.92. The van der Waals surface area contributed by atoms with Crippen LogP contribution in [0, 0.1) is 5.92 Å². The molecule has 0 spiro atoms. The zero-order valence-corrected chi connectivity index (χ0v) is 15.4. The van der Waals surface area contributed by atoms with Gasteiger partial charge in [0, 0.05) is 23.3 Å². The average Bonchev–Trinajstić information content (AvgIpc) is 3.14. The van der Waals surface area contributed by atoms with Crippen LogP contribution in [-0.4, -0.2) is 26.6 Å². The second-order valence-electron chi connectivity index (χ2n) is 6.90. The molecule has 3 heterocycles. The van der Waals surface area contributed by atoms with Crippen molar-refractivity contribution in [1.29, 1.82) is 0 Å². The molecule has 134 valence electrons. The molecule has 5 nitrogen and oxygen atoms in total. The number of halogens is 1. The molecule has 3 aromatic rings. The van der Waals surface area contributed by atoms with Crippen LogP contribution in [0.25, 0.3) is 11.4 Å². The maximum absolute atomic E-state index is 6.08. The van der Waals surface area contributed by atoms with Gasteiger partial charge in [0.2, 0.25) is 11.7 Å². The fourth-order valence-corrected chi connectivity index (χ4v) is 3.64. The molecule has 0 saturated carbocycles. The topological polar surface area (TPSA) is 55.1 Å². The summed E-state index contributed by atoms with van der Waals surface area (Å²) in [6.07, 6.45) is 4.00. The van der Waals surface area contributed by atoms with E-state index in [1.54, 1.807) is 0 Å². The first kappa shape index (κ1) is 17.2. The third-order valence-corrected chi connectivity index (χ3v) is 5.11. The van der Waals surface area contributed by atoms with Crippen molar-refractivity contribution in [2.24, 2.45) is 5.92 Å². The molecule has 0 radical (unpaired) electrons. The number of rotatable bonds is 4. The minimum Gasteiger partial charge on any atom is -0.337 e. The maximum Gasteiger partial charge on any atom is 0.244 e. The van der Waals surface area contributed by atoms with Crippen LogP contribution in [-0.2, 0) is 6.54 Å². The molecule has 0 bridgehead atoms. The molecule has 1 aromatic carbocycles. The van der Waals surface area contributed by atoms with Gasteiger partial charge < -0.3 is 4.52 Å². The van der Waals surface area contributed by atoms with Crippen LogP contribution in [0.5, 0.6) is 0 Å². The van der Waals surface area contributed by atoms with Gasteiger partial charge in [0.1, 0.15) is 0 Å². The Hall–Kier alpha value is -2.24. The number of benzene rings is 1. The lowest BCUT2D eigenvalue weighted by Crippen LogP contribution is -2.36. The highest BCUT2D eigenvalue weighted by atomic mass is 35.5. The summed E-state index contributed by atoms with van der Waals surface area (Å²) in [5.74, 6) is 1.88. The van der Waals surface area contributed by atoms with Crippen LogP contribution in [0.3, 0.4) is 0 Å². The average molecular weight is 369 g/mol. The SMILES string of the molecule is CC1CCN(Cc2ccccn2)C(c2nc(-c3cccc(Cl)c3)no2)C1. The zero-order valence-electron chi connectivity index (χ0n) is 14.7. The molecule has 1 saturated heterocycles. The maximum atomic E-state index is 6.08. The second-order valence-corrected chi connectivity index (χ2v) is 7.34. The molecular weight excluding hydrogens is 348 g/mol. The molecule has 2 aromatic heterocycles. The van der Waals surface area contributed by atoms with E-state index in [1.165, 1.54) is 6.42 Å². The number of aromatic nitrogens is 3. The van der Waals surface area contributed by atoms with Gasteiger partial charge in [-0.15, -0.1) is 0 Å². The monoisotopic (exact) mass is 368 g/mol. The third-order valence-electron chi connectivity index (χ3n) is 4.88. The molecule has 1 fully saturated rings. The number of nitrogens with zero attached hydrogens (tertiary/aromatic N) is 4. The van der Waals surface area contributed by atoms with E-state index < -0.39 is 0 Å². The lowest BCUT2D eigenvalue weighted by molar-refractivity contribution is 0.0844. The van der Waals surface area contributed by atoms with Gasteiger partial charge in [0.25, 0.3) is 0 Å². The van der Waals surface area contributed by atoms with Crippen molar-refractivity contribution in [1.82, 2.24) is 20.0 Å². The van der Waals surface area contributed by atoms with Gasteiger partial charge in [-0.25, -0.2) is 0 Å². The Morgan fingerprint density at radius 1 is 1.23 bits per heavy atom. The van der Waals surface area contributed by atoms with Crippen molar-refractivity contribution in [3.05, 3.63) is 65.3 Å². The lowest BCUT2D eigenvalue weighted by Gasteiger charge is -2.36. The summed E-state index contributed by atoms with van der Waals surface area (Å²) in [5, 5.41) is 4.85. The smallest absolute Gasteiger partial charge is 0.244 e. The minimum absolute atomic E-state index is 0.112. The molecule has 0 amide bonds. The van der Waals surface area contributed by atoms with Crippen molar-refractivity contribution in [2.75, 3.05) is 6.54 Å². The van der Waals surface area contributed by atoms with Crippen molar-refractivity contribution < 1.29 is 4.52 Å². The molecule has 26 heavy (non-hydrogen) atoms. The van der Waals surface area contributed by atoms with Crippen molar-refractivity contribution in [3.8, 4) is 11.4 Å². The van der Waals surface area contributed by atoms with Crippen LogP contribution in [0.1, 0.15) is 37.4 Å². The van der Waals surface area contributed by atoms with Crippen molar-refractivity contribution in [3.63, 3.8) is 0 Å². The molecule has 2 atom stereocenters. The van der Waals surface area contributed by atoms with Gasteiger partial charge in [-0.2, -0.15) is 4.98 Å². The first-order valence-corrected chi connectivity index (χ1v) is 9.30. The van der Waals surface area contributed by atoms with Crippen LogP contribution >= 0.6 is 11.6 Å². The Morgan fingerprint density at radius 3 is 2.96 bits per heavy atom. The molecule has 0 aliphatic carbocycles. The minimum atomic E-state index is 0.112. The van der Waals surface area contributed by atoms with Gasteiger partial charge in [-0.05, 0) is 49.6 Å². The van der Waals surface area contributed by atoms with Crippen molar-refractivity contribution in [2.45, 2.75) is 32.4 Å². The molecule has 1 aliphatic rings. The Bertz CT molecular complexity index is 867. The zero-order chi connectivity index (χ0) is 17.9. The Morgan fingerprint density at radius 2 is 2.15 bits per heavy atom. The summed E-state index contributed by atoms with van der Waals surface area (Å²) in [4.78, 5) is 11.5. The highest BCUT2D eigenvalue weighted by Gasteiger charge is 2.32. The molecule has 2 unspecified atom stereocenters. The van der Waals surface area contributed by atoms with Gasteiger partial charge in [0.15, 0.2) is 0 Å². The Balaban J connectivity index is 1.59. The van der Waals surface area contributed by atoms with E-state index >= 15 is 0 Å². The summed E-state index contributed by atoms with van der Waals surface area (Å²) in [6.45, 7) is 4.06. The van der Waals surface area contributed by atoms with Gasteiger partial charge in [0.05, 0.1) is 11.7 Å². The van der Waals surface area contributed by atoms with E-state index in [2.05, 4.69) is 33.0 Å². The fourth-order valence-electron chi connectivity index (χ4n) is 3.45. The molecule has 4 rings (SSSR count). The van der Waals surface area contributed by atoms with E-state index in [1.807, 2.05) is 42.6 Å². The Kier molecular flexibility index (Phi) is 5.00. The van der Waals surface area contributed by atoms with E-state index in [0.717, 1.165) is 30.8 Å². The standard InChI is InChI=1S/C20H21ClN4O/c1-14-8-10-25(13-17-7-2-3-9-22-17)18(11-14)20-23-19(24-26-20)15-5-4-6-16(21)12-15/h2-7,9,12,14,18H,8,10-11,13H2,1H3. The summed E-state index contributed by atoms with van der Waals surface area (Å²) >= 11 is 6.08. The first-order valence-electron chi connectivity index (χ1n) is 8.92. The number of piperidine rings is 1. The summed E-state index contributed by atoms with van der Waals surface area (Å²) < 4.78 is 5.65. The van der Waals surface area contributed by atoms with E-state index in [4.69, 9.17) is 16.1 Å². The van der Waals surface area contributed by atoms with Gasteiger partial charge in [-0.3, -0.25) is 9.88 Å². The van der Waals surface area contributed by atoms with E-state index in [-0.39, 0.29) is 6.04 Å². The summed E-state index contributed by atoms with van der Waals surface area (Å²) in [6, 6.07) is 13.7. The van der Waals surface area contributed by atoms with E-state index in [0.29, 0.717) is 22.7 Å². The third kappa shape index (κ3) is 3.79. The number of hydrogen-bond acceptors (Lipinski definition) is 5.